The van der Waals surface area contributed by atoms with Gasteiger partial charge >= 0.3 is 0 Å². The number of aryl methyl sites for hydroxylation is 1. The third-order valence-electron chi connectivity index (χ3n) is 4.53. The smallest absolute Gasteiger partial charge is 0.257 e. The fourth-order valence-corrected chi connectivity index (χ4v) is 3.06. The molecule has 3 aromatic rings. The van der Waals surface area contributed by atoms with Crippen molar-refractivity contribution in [2.24, 2.45) is 0 Å². The molecule has 138 valence electrons. The number of hydrogen-bond acceptors (Lipinski definition) is 6. The lowest BCUT2D eigenvalue weighted by Gasteiger charge is -2.12. The molecule has 3 aromatic heterocycles. The molecule has 1 N–H and O–H groups in total. The molecule has 0 aromatic carbocycles. The number of carbonyl (C=O) groups excluding carboxylic acids is 1. The normalized spacial score (nSPS) is 14.3. The van der Waals surface area contributed by atoms with Crippen molar-refractivity contribution in [3.8, 4) is 11.8 Å². The first-order valence-electron chi connectivity index (χ1n) is 8.95. The van der Waals surface area contributed by atoms with Crippen molar-refractivity contribution < 1.29 is 9.53 Å². The SMILES string of the molecule is Cc1nccn1-c1ncc(NC(=O)c2ccc(OC3CCCC3)nc2)cn1. The third-order valence-corrected chi connectivity index (χ3v) is 4.53. The van der Waals surface area contributed by atoms with E-state index in [4.69, 9.17) is 4.74 Å². The number of pyridine rings is 1. The third kappa shape index (κ3) is 3.94. The zero-order valence-electron chi connectivity index (χ0n) is 15.0. The Morgan fingerprint density at radius 2 is 1.89 bits per heavy atom. The number of ether oxygens (including phenoxy) is 1. The molecule has 8 heteroatoms. The minimum Gasteiger partial charge on any atom is -0.474 e. The van der Waals surface area contributed by atoms with Crippen molar-refractivity contribution in [3.05, 3.63) is 54.5 Å². The Kier molecular flexibility index (Phi) is 4.78. The molecule has 3 heterocycles. The number of aromatic nitrogens is 5. The lowest BCUT2D eigenvalue weighted by Crippen LogP contribution is -2.14. The Labute approximate surface area is 156 Å². The second-order valence-electron chi connectivity index (χ2n) is 6.48. The van der Waals surface area contributed by atoms with Crippen LogP contribution in [0.3, 0.4) is 0 Å². The van der Waals surface area contributed by atoms with Crippen LogP contribution in [0.4, 0.5) is 5.69 Å². The Balaban J connectivity index is 1.39. The van der Waals surface area contributed by atoms with Crippen LogP contribution in [0.5, 0.6) is 5.88 Å². The molecule has 0 saturated heterocycles. The summed E-state index contributed by atoms with van der Waals surface area (Å²) in [6.45, 7) is 1.87. The first-order chi connectivity index (χ1) is 13.2. The van der Waals surface area contributed by atoms with Crippen molar-refractivity contribution in [1.82, 2.24) is 24.5 Å². The Hall–Kier alpha value is -3.29. The monoisotopic (exact) mass is 364 g/mol. The second kappa shape index (κ2) is 7.53. The molecule has 1 aliphatic carbocycles. The van der Waals surface area contributed by atoms with Gasteiger partial charge in [0, 0.05) is 24.7 Å². The molecule has 0 spiro atoms. The number of amides is 1. The van der Waals surface area contributed by atoms with E-state index in [9.17, 15) is 4.79 Å². The first kappa shape index (κ1) is 17.1. The number of anilines is 1. The number of nitrogens with one attached hydrogen (secondary N) is 1. The van der Waals surface area contributed by atoms with Gasteiger partial charge in [0.1, 0.15) is 11.9 Å². The van der Waals surface area contributed by atoms with Gasteiger partial charge < -0.3 is 10.1 Å². The van der Waals surface area contributed by atoms with Gasteiger partial charge in [-0.3, -0.25) is 9.36 Å². The molecule has 4 rings (SSSR count). The summed E-state index contributed by atoms with van der Waals surface area (Å²) in [5.74, 6) is 1.57. The van der Waals surface area contributed by atoms with Crippen molar-refractivity contribution >= 4 is 11.6 Å². The Morgan fingerprint density at radius 1 is 1.11 bits per heavy atom. The largest absolute Gasteiger partial charge is 0.474 e. The van der Waals surface area contributed by atoms with Crippen LogP contribution in [0.2, 0.25) is 0 Å². The van der Waals surface area contributed by atoms with Crippen LogP contribution in [0.15, 0.2) is 43.1 Å². The zero-order valence-corrected chi connectivity index (χ0v) is 15.0. The minimum atomic E-state index is -0.273. The lowest BCUT2D eigenvalue weighted by molar-refractivity contribution is 0.102. The molecule has 1 aliphatic rings. The van der Waals surface area contributed by atoms with Crippen LogP contribution in [-0.2, 0) is 0 Å². The van der Waals surface area contributed by atoms with Crippen molar-refractivity contribution in [1.29, 1.82) is 0 Å². The molecule has 1 saturated carbocycles. The highest BCUT2D eigenvalue weighted by atomic mass is 16.5. The lowest BCUT2D eigenvalue weighted by atomic mass is 10.2. The highest BCUT2D eigenvalue weighted by molar-refractivity contribution is 6.03. The first-order valence-corrected chi connectivity index (χ1v) is 8.95. The number of rotatable bonds is 5. The van der Waals surface area contributed by atoms with E-state index in [1.165, 1.54) is 19.0 Å². The van der Waals surface area contributed by atoms with Crippen molar-refractivity contribution in [3.63, 3.8) is 0 Å². The molecule has 27 heavy (non-hydrogen) atoms. The molecule has 8 nitrogen and oxygen atoms in total. The number of carbonyl (C=O) groups is 1. The molecule has 1 amide bonds. The van der Waals surface area contributed by atoms with Gasteiger partial charge in [-0.2, -0.15) is 0 Å². The Morgan fingerprint density at radius 3 is 2.52 bits per heavy atom. The summed E-state index contributed by atoms with van der Waals surface area (Å²) in [5.41, 5.74) is 0.955. The molecule has 0 radical (unpaired) electrons. The highest BCUT2D eigenvalue weighted by Gasteiger charge is 2.17. The van der Waals surface area contributed by atoms with E-state index in [0.717, 1.165) is 18.7 Å². The maximum absolute atomic E-state index is 12.4. The zero-order chi connectivity index (χ0) is 18.6. The van der Waals surface area contributed by atoms with Crippen molar-refractivity contribution in [2.75, 3.05) is 5.32 Å². The van der Waals surface area contributed by atoms with Gasteiger partial charge in [-0.25, -0.2) is 19.9 Å². The van der Waals surface area contributed by atoms with Crippen LogP contribution >= 0.6 is 0 Å². The maximum atomic E-state index is 12.4. The second-order valence-corrected chi connectivity index (χ2v) is 6.48. The van der Waals surface area contributed by atoms with E-state index >= 15 is 0 Å². The summed E-state index contributed by atoms with van der Waals surface area (Å²) in [6, 6.07) is 3.44. The number of nitrogens with zero attached hydrogens (tertiary/aromatic N) is 5. The van der Waals surface area contributed by atoms with E-state index in [1.807, 2.05) is 6.92 Å². The number of imidazole rings is 1. The summed E-state index contributed by atoms with van der Waals surface area (Å²) < 4.78 is 7.58. The van der Waals surface area contributed by atoms with Crippen molar-refractivity contribution in [2.45, 2.75) is 38.7 Å². The van der Waals surface area contributed by atoms with Crippen LogP contribution in [-0.4, -0.2) is 36.5 Å². The average Bonchev–Trinajstić information content (AvgIpc) is 3.35. The molecular weight excluding hydrogens is 344 g/mol. The maximum Gasteiger partial charge on any atom is 0.257 e. The van der Waals surface area contributed by atoms with Gasteiger partial charge in [0.15, 0.2) is 0 Å². The quantitative estimate of drug-likeness (QED) is 0.748. The minimum absolute atomic E-state index is 0.243. The fourth-order valence-electron chi connectivity index (χ4n) is 3.06. The van der Waals surface area contributed by atoms with Crippen LogP contribution in [0.25, 0.3) is 5.95 Å². The molecule has 0 bridgehead atoms. The summed E-state index contributed by atoms with van der Waals surface area (Å²) in [5, 5.41) is 2.77. The van der Waals surface area contributed by atoms with Crippen LogP contribution in [0, 0.1) is 6.92 Å². The Bertz CT molecular complexity index is 914. The predicted molar refractivity (Wildman–Crippen MR) is 99.0 cm³/mol. The molecule has 0 unspecified atom stereocenters. The van der Waals surface area contributed by atoms with Gasteiger partial charge in [-0.05, 0) is 38.7 Å². The van der Waals surface area contributed by atoms with Gasteiger partial charge in [-0.1, -0.05) is 0 Å². The van der Waals surface area contributed by atoms with E-state index in [0.29, 0.717) is 23.1 Å². The van der Waals surface area contributed by atoms with Gasteiger partial charge in [0.2, 0.25) is 11.8 Å². The number of hydrogen-bond donors (Lipinski definition) is 1. The molecular formula is C19H20N6O2. The summed E-state index contributed by atoms with van der Waals surface area (Å²) >= 11 is 0. The summed E-state index contributed by atoms with van der Waals surface area (Å²) in [6.07, 6.45) is 12.9. The summed E-state index contributed by atoms with van der Waals surface area (Å²) in [7, 11) is 0. The topological polar surface area (TPSA) is 94.8 Å². The van der Waals surface area contributed by atoms with Gasteiger partial charge in [0.25, 0.3) is 5.91 Å². The van der Waals surface area contributed by atoms with Crippen LogP contribution < -0.4 is 10.1 Å². The molecule has 0 aliphatic heterocycles. The van der Waals surface area contributed by atoms with E-state index in [1.54, 1.807) is 41.5 Å². The molecule has 1 fully saturated rings. The van der Waals surface area contributed by atoms with E-state index in [-0.39, 0.29) is 12.0 Å². The standard InChI is InChI=1S/C19H20N6O2/c1-13-20-8-9-25(13)19-22-11-15(12-23-19)24-18(26)14-6-7-17(21-10-14)27-16-4-2-3-5-16/h6-12,16H,2-5H2,1H3,(H,24,26). The predicted octanol–water partition coefficient (Wildman–Crippen LogP) is 2.94. The highest BCUT2D eigenvalue weighted by Crippen LogP contribution is 2.23. The van der Waals surface area contributed by atoms with E-state index < -0.39 is 0 Å². The van der Waals surface area contributed by atoms with Gasteiger partial charge in [-0.15, -0.1) is 0 Å². The average molecular weight is 364 g/mol. The van der Waals surface area contributed by atoms with Gasteiger partial charge in [0.05, 0.1) is 23.6 Å². The van der Waals surface area contributed by atoms with Crippen LogP contribution in [0.1, 0.15) is 41.9 Å². The van der Waals surface area contributed by atoms with E-state index in [2.05, 4.69) is 25.3 Å². The summed E-state index contributed by atoms with van der Waals surface area (Å²) in [4.78, 5) is 29.3. The fraction of sp³-hybridized carbons (Fsp3) is 0.316. The molecule has 0 atom stereocenters.